The molecule has 2 aromatic carbocycles. The van der Waals surface area contributed by atoms with E-state index in [1.165, 1.54) is 24.3 Å². The fourth-order valence-corrected chi connectivity index (χ4v) is 2.44. The number of anilines is 1. The van der Waals surface area contributed by atoms with Gasteiger partial charge in [-0.2, -0.15) is 8.78 Å². The summed E-state index contributed by atoms with van der Waals surface area (Å²) in [5.74, 6) is -0.360. The lowest BCUT2D eigenvalue weighted by Crippen LogP contribution is -2.29. The number of halogens is 2. The van der Waals surface area contributed by atoms with E-state index in [4.69, 9.17) is 0 Å². The summed E-state index contributed by atoms with van der Waals surface area (Å²) in [5.41, 5.74) is 2.03. The number of nitrogens with zero attached hydrogens (tertiary/aromatic N) is 1. The zero-order valence-electron chi connectivity index (χ0n) is 15.0. The molecule has 27 heavy (non-hydrogen) atoms. The third kappa shape index (κ3) is 6.67. The van der Waals surface area contributed by atoms with Crippen LogP contribution in [0.15, 0.2) is 48.5 Å². The van der Waals surface area contributed by atoms with Crippen LogP contribution < -0.4 is 15.4 Å². The molecule has 0 fully saturated rings. The number of benzene rings is 2. The third-order valence-corrected chi connectivity index (χ3v) is 3.67. The lowest BCUT2D eigenvalue weighted by Gasteiger charge is -2.16. The first-order valence-corrected chi connectivity index (χ1v) is 8.21. The van der Waals surface area contributed by atoms with Gasteiger partial charge in [-0.3, -0.25) is 14.5 Å². The Balaban J connectivity index is 1.83. The minimum atomic E-state index is -2.88. The highest BCUT2D eigenvalue weighted by atomic mass is 19.3. The summed E-state index contributed by atoms with van der Waals surface area (Å²) in [6.45, 7) is -2.21. The maximum atomic E-state index is 12.1. The summed E-state index contributed by atoms with van der Waals surface area (Å²) in [4.78, 5) is 25.4. The highest BCUT2D eigenvalue weighted by Crippen LogP contribution is 2.17. The molecule has 2 amide bonds. The van der Waals surface area contributed by atoms with Crippen molar-refractivity contribution in [3.05, 3.63) is 59.7 Å². The van der Waals surface area contributed by atoms with Gasteiger partial charge in [0.1, 0.15) is 5.75 Å². The van der Waals surface area contributed by atoms with Crippen LogP contribution in [0.1, 0.15) is 15.9 Å². The minimum absolute atomic E-state index is 0.0281. The highest BCUT2D eigenvalue weighted by Gasteiger charge is 2.09. The number of nitrogens with one attached hydrogen (secondary N) is 2. The number of amides is 2. The predicted octanol–water partition coefficient (Wildman–Crippen LogP) is 2.72. The Labute approximate surface area is 156 Å². The molecule has 0 saturated carbocycles. The Morgan fingerprint density at radius 1 is 1.07 bits per heavy atom. The monoisotopic (exact) mass is 377 g/mol. The van der Waals surface area contributed by atoms with Crippen LogP contribution in [0.25, 0.3) is 0 Å². The summed E-state index contributed by atoms with van der Waals surface area (Å²) in [5, 5.41) is 5.25. The van der Waals surface area contributed by atoms with E-state index in [0.717, 1.165) is 5.56 Å². The number of hydrogen-bond donors (Lipinski definition) is 2. The molecular weight excluding hydrogens is 356 g/mol. The highest BCUT2D eigenvalue weighted by molar-refractivity contribution is 5.94. The van der Waals surface area contributed by atoms with Gasteiger partial charge < -0.3 is 15.4 Å². The second-order valence-electron chi connectivity index (χ2n) is 5.90. The van der Waals surface area contributed by atoms with Crippen molar-refractivity contribution in [2.45, 2.75) is 13.2 Å². The molecule has 0 aliphatic heterocycles. The quantitative estimate of drug-likeness (QED) is 0.742. The minimum Gasteiger partial charge on any atom is -0.435 e. The van der Waals surface area contributed by atoms with Crippen molar-refractivity contribution < 1.29 is 23.1 Å². The van der Waals surface area contributed by atoms with Gasteiger partial charge in [0, 0.05) is 24.8 Å². The predicted molar refractivity (Wildman–Crippen MR) is 97.9 cm³/mol. The summed E-state index contributed by atoms with van der Waals surface area (Å²) in [6, 6.07) is 12.8. The van der Waals surface area contributed by atoms with Gasteiger partial charge in [-0.1, -0.05) is 12.1 Å². The number of hydrogen-bond acceptors (Lipinski definition) is 4. The van der Waals surface area contributed by atoms with Crippen LogP contribution in [0.5, 0.6) is 5.75 Å². The van der Waals surface area contributed by atoms with Gasteiger partial charge in [0.25, 0.3) is 5.91 Å². The molecule has 0 unspecified atom stereocenters. The van der Waals surface area contributed by atoms with E-state index in [9.17, 15) is 18.4 Å². The molecule has 2 aromatic rings. The van der Waals surface area contributed by atoms with Gasteiger partial charge >= 0.3 is 6.61 Å². The van der Waals surface area contributed by atoms with Gasteiger partial charge in [0.2, 0.25) is 5.91 Å². The molecule has 0 bridgehead atoms. The largest absolute Gasteiger partial charge is 0.435 e. The fraction of sp³-hybridized carbons (Fsp3) is 0.263. The maximum absolute atomic E-state index is 12.1. The molecule has 2 N–H and O–H groups in total. The molecule has 2 rings (SSSR count). The lowest BCUT2D eigenvalue weighted by molar-refractivity contribution is -0.117. The molecule has 0 atom stereocenters. The average Bonchev–Trinajstić information content (AvgIpc) is 2.62. The Morgan fingerprint density at radius 3 is 2.26 bits per heavy atom. The first-order valence-electron chi connectivity index (χ1n) is 8.21. The van der Waals surface area contributed by atoms with Gasteiger partial charge in [0.05, 0.1) is 6.54 Å². The molecule has 144 valence electrons. The molecular formula is C19H21F2N3O3. The van der Waals surface area contributed by atoms with Crippen molar-refractivity contribution in [2.24, 2.45) is 0 Å². The smallest absolute Gasteiger partial charge is 0.387 e. The number of carbonyl (C=O) groups excluding carboxylic acids is 2. The fourth-order valence-electron chi connectivity index (χ4n) is 2.44. The normalized spacial score (nSPS) is 10.7. The van der Waals surface area contributed by atoms with E-state index >= 15 is 0 Å². The number of alkyl halides is 2. The Bertz CT molecular complexity index is 765. The van der Waals surface area contributed by atoms with Gasteiger partial charge in [-0.25, -0.2) is 0 Å². The van der Waals surface area contributed by atoms with Gasteiger partial charge in [0.15, 0.2) is 0 Å². The number of ether oxygens (including phenoxy) is 1. The molecule has 8 heteroatoms. The summed E-state index contributed by atoms with van der Waals surface area (Å²) in [7, 11) is 3.37. The van der Waals surface area contributed by atoms with Crippen molar-refractivity contribution >= 4 is 17.5 Å². The Kier molecular flexibility index (Phi) is 7.25. The number of rotatable bonds is 8. The number of likely N-dealkylation sites (N-methyl/N-ethyl adjacent to an activating group) is 1. The van der Waals surface area contributed by atoms with E-state index in [2.05, 4.69) is 15.4 Å². The van der Waals surface area contributed by atoms with E-state index in [1.54, 1.807) is 26.2 Å². The van der Waals surface area contributed by atoms with Crippen LogP contribution in [0.3, 0.4) is 0 Å². The standard InChI is InChI=1S/C19H21F2N3O3/c1-22-18(26)14-5-3-13(4-6-14)11-24(2)12-17(25)23-15-7-9-16(10-8-15)27-19(20)21/h3-10,19H,11-12H2,1-2H3,(H,22,26)(H,23,25). The van der Waals surface area contributed by atoms with E-state index < -0.39 is 6.61 Å². The molecule has 0 heterocycles. The molecule has 0 radical (unpaired) electrons. The SMILES string of the molecule is CNC(=O)c1ccc(CN(C)CC(=O)Nc2ccc(OC(F)F)cc2)cc1. The van der Waals surface area contributed by atoms with Crippen LogP contribution in [0, 0.1) is 0 Å². The van der Waals surface area contributed by atoms with Crippen molar-refractivity contribution in [1.82, 2.24) is 10.2 Å². The van der Waals surface area contributed by atoms with E-state index in [1.807, 2.05) is 17.0 Å². The zero-order chi connectivity index (χ0) is 19.8. The van der Waals surface area contributed by atoms with Crippen molar-refractivity contribution in [3.63, 3.8) is 0 Å². The van der Waals surface area contributed by atoms with Crippen LogP contribution >= 0.6 is 0 Å². The molecule has 6 nitrogen and oxygen atoms in total. The molecule has 0 spiro atoms. The number of carbonyl (C=O) groups is 2. The van der Waals surface area contributed by atoms with Crippen LogP contribution in [0.2, 0.25) is 0 Å². The van der Waals surface area contributed by atoms with Crippen molar-refractivity contribution in [1.29, 1.82) is 0 Å². The van der Waals surface area contributed by atoms with Crippen LogP contribution in [-0.4, -0.2) is 44.0 Å². The molecule has 0 saturated heterocycles. The van der Waals surface area contributed by atoms with Crippen molar-refractivity contribution in [2.75, 3.05) is 26.0 Å². The van der Waals surface area contributed by atoms with E-state index in [-0.39, 0.29) is 24.1 Å². The van der Waals surface area contributed by atoms with E-state index in [0.29, 0.717) is 17.8 Å². The lowest BCUT2D eigenvalue weighted by atomic mass is 10.1. The molecule has 0 aliphatic rings. The first-order chi connectivity index (χ1) is 12.9. The third-order valence-electron chi connectivity index (χ3n) is 3.67. The van der Waals surface area contributed by atoms with Gasteiger partial charge in [-0.15, -0.1) is 0 Å². The zero-order valence-corrected chi connectivity index (χ0v) is 15.0. The van der Waals surface area contributed by atoms with Crippen molar-refractivity contribution in [3.8, 4) is 5.75 Å². The second kappa shape index (κ2) is 9.63. The van der Waals surface area contributed by atoms with Gasteiger partial charge in [-0.05, 0) is 49.0 Å². The Hall–Kier alpha value is -3.00. The first kappa shape index (κ1) is 20.3. The Morgan fingerprint density at radius 2 is 1.70 bits per heavy atom. The summed E-state index contributed by atoms with van der Waals surface area (Å²) < 4.78 is 28.5. The van der Waals surface area contributed by atoms with Crippen LogP contribution in [-0.2, 0) is 11.3 Å². The topological polar surface area (TPSA) is 70.7 Å². The van der Waals surface area contributed by atoms with Crippen LogP contribution in [0.4, 0.5) is 14.5 Å². The second-order valence-corrected chi connectivity index (χ2v) is 5.90. The summed E-state index contributed by atoms with van der Waals surface area (Å²) >= 11 is 0. The maximum Gasteiger partial charge on any atom is 0.387 e. The average molecular weight is 377 g/mol. The molecule has 0 aliphatic carbocycles. The summed E-state index contributed by atoms with van der Waals surface area (Å²) in [6.07, 6.45) is 0. The molecule has 0 aromatic heterocycles.